The van der Waals surface area contributed by atoms with Gasteiger partial charge in [0.15, 0.2) is 0 Å². The predicted molar refractivity (Wildman–Crippen MR) is 54.9 cm³/mol. The second kappa shape index (κ2) is 6.22. The van der Waals surface area contributed by atoms with Crippen LogP contribution in [0.15, 0.2) is 0 Å². The van der Waals surface area contributed by atoms with Crippen LogP contribution < -0.4 is 5.73 Å². The Morgan fingerprint density at radius 2 is 2.05 bits per heavy atom. The molecule has 1 aliphatic heterocycles. The van der Waals surface area contributed by atoms with Gasteiger partial charge in [-0.2, -0.15) is 0 Å². The molecule has 1 unspecified atom stereocenters. The van der Waals surface area contributed by atoms with Crippen molar-refractivity contribution in [3.05, 3.63) is 0 Å². The van der Waals surface area contributed by atoms with Gasteiger partial charge in [-0.05, 0) is 0 Å². The summed E-state index contributed by atoms with van der Waals surface area (Å²) in [6, 6.07) is 0. The Balaban J connectivity index is 2.84. The SMILES string of the molecule is NCC(=O)[O][Bi]1[O]C(=O)CC(O)(CC(=O)O)C(=O)[O]1. The first-order chi connectivity index (χ1) is 8.76. The van der Waals surface area contributed by atoms with Crippen LogP contribution in [-0.2, 0) is 27.6 Å². The van der Waals surface area contributed by atoms with Gasteiger partial charge in [-0.3, -0.25) is 0 Å². The number of carboxylic acids is 1. The van der Waals surface area contributed by atoms with Crippen molar-refractivity contribution in [2.24, 2.45) is 5.73 Å². The first-order valence-corrected chi connectivity index (χ1v) is 9.11. The molecule has 1 fully saturated rings. The normalized spacial score (nSPS) is 24.1. The van der Waals surface area contributed by atoms with E-state index in [1.54, 1.807) is 0 Å². The van der Waals surface area contributed by atoms with Crippen molar-refractivity contribution >= 4 is 46.9 Å². The summed E-state index contributed by atoms with van der Waals surface area (Å²) in [5.74, 6) is -4.86. The molecule has 106 valence electrons. The molecule has 0 saturated carbocycles. The van der Waals surface area contributed by atoms with E-state index in [-0.39, 0.29) is 0 Å². The molecule has 1 atom stereocenters. The van der Waals surface area contributed by atoms with Crippen LogP contribution in [-0.4, -0.2) is 69.3 Å². The van der Waals surface area contributed by atoms with Gasteiger partial charge in [-0.25, -0.2) is 0 Å². The minimum absolute atomic E-state index is 0.500. The van der Waals surface area contributed by atoms with Crippen molar-refractivity contribution in [3.8, 4) is 0 Å². The number of carboxylic acid groups (broad SMARTS) is 1. The van der Waals surface area contributed by atoms with Crippen LogP contribution in [0.2, 0.25) is 0 Å². The van der Waals surface area contributed by atoms with E-state index < -0.39 is 71.9 Å². The summed E-state index contributed by atoms with van der Waals surface area (Å²) in [5.41, 5.74) is 2.44. The van der Waals surface area contributed by atoms with Crippen molar-refractivity contribution in [2.45, 2.75) is 18.4 Å². The molecular formula is C8H10BiNO9. The molecule has 0 aromatic rings. The van der Waals surface area contributed by atoms with Gasteiger partial charge in [0.2, 0.25) is 0 Å². The van der Waals surface area contributed by atoms with Crippen LogP contribution in [0.25, 0.3) is 0 Å². The van der Waals surface area contributed by atoms with E-state index in [0.717, 1.165) is 0 Å². The third-order valence-electron chi connectivity index (χ3n) is 1.94. The number of nitrogens with two attached hydrogens (primary N) is 1. The fourth-order valence-electron chi connectivity index (χ4n) is 1.14. The molecule has 1 saturated heterocycles. The summed E-state index contributed by atoms with van der Waals surface area (Å²) in [4.78, 5) is 44.3. The van der Waals surface area contributed by atoms with Gasteiger partial charge < -0.3 is 0 Å². The van der Waals surface area contributed by atoms with Crippen molar-refractivity contribution in [2.75, 3.05) is 6.54 Å². The van der Waals surface area contributed by atoms with Crippen LogP contribution in [0.3, 0.4) is 0 Å². The van der Waals surface area contributed by atoms with Gasteiger partial charge in [-0.15, -0.1) is 0 Å². The van der Waals surface area contributed by atoms with Crippen LogP contribution >= 0.6 is 0 Å². The average molecular weight is 473 g/mol. The van der Waals surface area contributed by atoms with Gasteiger partial charge in [0.1, 0.15) is 0 Å². The van der Waals surface area contributed by atoms with Gasteiger partial charge >= 0.3 is 116 Å². The summed E-state index contributed by atoms with van der Waals surface area (Å²) < 4.78 is 13.7. The summed E-state index contributed by atoms with van der Waals surface area (Å²) in [6.07, 6.45) is -1.91. The second-order valence-electron chi connectivity index (χ2n) is 3.51. The van der Waals surface area contributed by atoms with Crippen molar-refractivity contribution < 1.29 is 37.8 Å². The Morgan fingerprint density at radius 1 is 1.42 bits per heavy atom. The Bertz CT molecular complexity index is 424. The maximum atomic E-state index is 11.6. The molecule has 0 bridgehead atoms. The van der Waals surface area contributed by atoms with E-state index in [4.69, 9.17) is 10.8 Å². The van der Waals surface area contributed by atoms with E-state index in [2.05, 4.69) is 8.44 Å². The van der Waals surface area contributed by atoms with E-state index in [9.17, 15) is 24.3 Å². The van der Waals surface area contributed by atoms with E-state index in [1.165, 1.54) is 0 Å². The fraction of sp³-hybridized carbons (Fsp3) is 0.500. The van der Waals surface area contributed by atoms with Crippen LogP contribution in [0.5, 0.6) is 0 Å². The van der Waals surface area contributed by atoms with Crippen LogP contribution in [0.4, 0.5) is 0 Å². The number of aliphatic hydroxyl groups is 1. The molecule has 1 heterocycles. The van der Waals surface area contributed by atoms with Crippen molar-refractivity contribution in [1.29, 1.82) is 0 Å². The molecule has 10 nitrogen and oxygen atoms in total. The van der Waals surface area contributed by atoms with E-state index in [0.29, 0.717) is 0 Å². The number of aliphatic carboxylic acids is 1. The molecule has 1 rings (SSSR count). The molecule has 0 aromatic carbocycles. The third-order valence-corrected chi connectivity index (χ3v) is 5.90. The second-order valence-corrected chi connectivity index (χ2v) is 7.38. The fourth-order valence-corrected chi connectivity index (χ4v) is 4.60. The molecule has 0 radical (unpaired) electrons. The minimum atomic E-state index is -4.16. The first-order valence-electron chi connectivity index (χ1n) is 4.85. The summed E-state index contributed by atoms with van der Waals surface area (Å²) >= 11 is -4.16. The number of hydrogen-bond acceptors (Lipinski definition) is 9. The molecule has 0 spiro atoms. The summed E-state index contributed by atoms with van der Waals surface area (Å²) in [5, 5.41) is 18.4. The molecule has 0 amide bonds. The molecule has 0 aromatic heterocycles. The van der Waals surface area contributed by atoms with E-state index in [1.807, 2.05) is 0 Å². The standard InChI is InChI=1S/C6H8O7.C2H5NO2.Bi/c7-3(8)1-6(13,5(11)12)2-4(9)10;3-1-2(4)5;/h13H,1-2H2,(H,7,8)(H,9,10)(H,11,12);1,3H2,(H,4,5);/q;;+3/p-3. The van der Waals surface area contributed by atoms with Crippen LogP contribution in [0, 0.1) is 0 Å². The Kier molecular flexibility index (Phi) is 5.15. The Morgan fingerprint density at radius 3 is 2.58 bits per heavy atom. The quantitative estimate of drug-likeness (QED) is 0.363. The topological polar surface area (TPSA) is 162 Å². The zero-order valence-electron chi connectivity index (χ0n) is 9.40. The monoisotopic (exact) mass is 473 g/mol. The Labute approximate surface area is 115 Å². The molecule has 0 aliphatic carbocycles. The first kappa shape index (κ1) is 15.7. The van der Waals surface area contributed by atoms with Crippen molar-refractivity contribution in [1.82, 2.24) is 0 Å². The molecular weight excluding hydrogens is 463 g/mol. The number of carbonyl (C=O) groups is 4. The van der Waals surface area contributed by atoms with Crippen molar-refractivity contribution in [3.63, 3.8) is 0 Å². The van der Waals surface area contributed by atoms with E-state index >= 15 is 0 Å². The molecule has 11 heteroatoms. The Hall–Kier alpha value is -1.32. The average Bonchev–Trinajstić information content (AvgIpc) is 2.35. The number of carbonyl (C=O) groups excluding carboxylic acids is 3. The van der Waals surface area contributed by atoms with Gasteiger partial charge in [0.05, 0.1) is 0 Å². The summed E-state index contributed by atoms with van der Waals surface area (Å²) in [6.45, 7) is -0.500. The van der Waals surface area contributed by atoms with Gasteiger partial charge in [0, 0.05) is 0 Å². The number of hydrogen-bond donors (Lipinski definition) is 3. The van der Waals surface area contributed by atoms with Crippen LogP contribution in [0.1, 0.15) is 12.8 Å². The van der Waals surface area contributed by atoms with Gasteiger partial charge in [-0.1, -0.05) is 0 Å². The van der Waals surface area contributed by atoms with Gasteiger partial charge in [0.25, 0.3) is 0 Å². The molecule has 4 N–H and O–H groups in total. The summed E-state index contributed by atoms with van der Waals surface area (Å²) in [7, 11) is 0. The predicted octanol–water partition coefficient (Wildman–Crippen LogP) is -2.83. The number of rotatable bonds is 4. The maximum absolute atomic E-state index is 11.6. The zero-order chi connectivity index (χ0) is 14.6. The third kappa shape index (κ3) is 4.37. The molecule has 1 aliphatic rings. The zero-order valence-corrected chi connectivity index (χ0v) is 12.9. The molecule has 19 heavy (non-hydrogen) atoms.